The Morgan fingerprint density at radius 1 is 1.35 bits per heavy atom. The summed E-state index contributed by atoms with van der Waals surface area (Å²) in [6.45, 7) is 2.38. The number of benzene rings is 1. The molecule has 1 unspecified atom stereocenters. The third-order valence-electron chi connectivity index (χ3n) is 5.74. The Kier molecular flexibility index (Phi) is 4.78. The molecule has 0 aliphatic carbocycles. The minimum atomic E-state index is -0.418. The molecule has 5 rings (SSSR count). The molecule has 4 heterocycles. The number of carbonyl (C=O) groups excluding carboxylic acids is 1. The number of Topliss-reactive ketones (excluding diaryl/α,β-unsaturated/α-hetero) is 1. The van der Waals surface area contributed by atoms with Gasteiger partial charge >= 0.3 is 0 Å². The molecule has 4 aromatic rings. The van der Waals surface area contributed by atoms with Crippen LogP contribution < -0.4 is 4.74 Å². The van der Waals surface area contributed by atoms with Crippen molar-refractivity contribution in [2.45, 2.75) is 19.9 Å². The summed E-state index contributed by atoms with van der Waals surface area (Å²) in [4.78, 5) is 18.2. The number of aliphatic hydroxyl groups is 1. The number of H-pyrrole nitrogens is 1. The van der Waals surface area contributed by atoms with E-state index in [-0.39, 0.29) is 24.8 Å². The van der Waals surface area contributed by atoms with Crippen molar-refractivity contribution in [2.75, 3.05) is 13.2 Å². The fourth-order valence-electron chi connectivity index (χ4n) is 4.16. The molecule has 0 saturated heterocycles. The summed E-state index contributed by atoms with van der Waals surface area (Å²) >= 11 is 0. The van der Waals surface area contributed by atoms with Crippen LogP contribution in [0, 0.1) is 18.7 Å². The highest BCUT2D eigenvalue weighted by Crippen LogP contribution is 2.32. The van der Waals surface area contributed by atoms with Gasteiger partial charge < -0.3 is 14.4 Å². The highest BCUT2D eigenvalue weighted by molar-refractivity contribution is 6.09. The van der Waals surface area contributed by atoms with Gasteiger partial charge in [0.1, 0.15) is 17.2 Å². The fraction of sp³-hybridized carbons (Fsp3) is 0.261. The molecule has 0 amide bonds. The molecular formula is C23H21FN4O3. The van der Waals surface area contributed by atoms with E-state index in [4.69, 9.17) is 9.72 Å². The number of carbonyl (C=O) groups is 1. The summed E-state index contributed by atoms with van der Waals surface area (Å²) in [5.74, 6) is -0.222. The minimum absolute atomic E-state index is 0.0761. The predicted molar refractivity (Wildman–Crippen MR) is 113 cm³/mol. The summed E-state index contributed by atoms with van der Waals surface area (Å²) in [7, 11) is 0. The molecule has 7 nitrogen and oxygen atoms in total. The second-order valence-electron chi connectivity index (χ2n) is 7.74. The van der Waals surface area contributed by atoms with Crippen LogP contribution in [0.4, 0.5) is 4.39 Å². The molecule has 0 radical (unpaired) electrons. The first-order valence-corrected chi connectivity index (χ1v) is 10.1. The van der Waals surface area contributed by atoms with Crippen LogP contribution in [0.3, 0.4) is 0 Å². The van der Waals surface area contributed by atoms with Gasteiger partial charge in [-0.2, -0.15) is 5.10 Å². The molecule has 3 aromatic heterocycles. The van der Waals surface area contributed by atoms with Crippen LogP contribution in [-0.2, 0) is 13.0 Å². The van der Waals surface area contributed by atoms with E-state index in [1.54, 1.807) is 23.0 Å². The highest BCUT2D eigenvalue weighted by atomic mass is 19.1. The van der Waals surface area contributed by atoms with Crippen molar-refractivity contribution in [1.82, 2.24) is 19.7 Å². The maximum atomic E-state index is 13.6. The van der Waals surface area contributed by atoms with Crippen molar-refractivity contribution in [2.24, 2.45) is 5.92 Å². The number of pyridine rings is 1. The second kappa shape index (κ2) is 7.63. The summed E-state index contributed by atoms with van der Waals surface area (Å²) in [5.41, 5.74) is 4.29. The van der Waals surface area contributed by atoms with Crippen molar-refractivity contribution in [3.05, 3.63) is 65.4 Å². The molecule has 2 N–H and O–H groups in total. The average molecular weight is 420 g/mol. The molecule has 158 valence electrons. The number of rotatable bonds is 5. The number of nitrogens with zero attached hydrogens (tertiary/aromatic N) is 3. The Morgan fingerprint density at radius 2 is 2.23 bits per heavy atom. The smallest absolute Gasteiger partial charge is 0.171 e. The number of aromatic nitrogens is 4. The number of aryl methyl sites for hydroxylation is 1. The lowest BCUT2D eigenvalue weighted by Crippen LogP contribution is -2.28. The Labute approximate surface area is 177 Å². The zero-order valence-electron chi connectivity index (χ0n) is 16.9. The fourth-order valence-corrected chi connectivity index (χ4v) is 4.16. The molecule has 0 bridgehead atoms. The van der Waals surface area contributed by atoms with Gasteiger partial charge in [-0.05, 0) is 49.2 Å². The number of hydrogen-bond acceptors (Lipinski definition) is 5. The Balaban J connectivity index is 1.53. The van der Waals surface area contributed by atoms with Gasteiger partial charge in [-0.25, -0.2) is 9.37 Å². The SMILES string of the molecule is Cc1n[nH]cc1-c1ccc2c(C(=O)C3COc4ccc(F)cc4C3)cn(CCO)c2n1. The Morgan fingerprint density at radius 3 is 3.00 bits per heavy atom. The highest BCUT2D eigenvalue weighted by Gasteiger charge is 2.29. The van der Waals surface area contributed by atoms with Crippen molar-refractivity contribution in [3.63, 3.8) is 0 Å². The van der Waals surface area contributed by atoms with Crippen molar-refractivity contribution >= 4 is 16.8 Å². The summed E-state index contributed by atoms with van der Waals surface area (Å²) in [6.07, 6.45) is 3.94. The topological polar surface area (TPSA) is 93.0 Å². The van der Waals surface area contributed by atoms with Crippen LogP contribution >= 0.6 is 0 Å². The van der Waals surface area contributed by atoms with E-state index in [1.807, 2.05) is 19.1 Å². The Hall–Kier alpha value is -3.52. The van der Waals surface area contributed by atoms with E-state index in [9.17, 15) is 14.3 Å². The monoisotopic (exact) mass is 420 g/mol. The van der Waals surface area contributed by atoms with Gasteiger partial charge in [0.25, 0.3) is 0 Å². The summed E-state index contributed by atoms with van der Waals surface area (Å²) in [5, 5.41) is 17.2. The largest absolute Gasteiger partial charge is 0.493 e. The molecule has 1 atom stereocenters. The first-order chi connectivity index (χ1) is 15.0. The first-order valence-electron chi connectivity index (χ1n) is 10.1. The Bertz CT molecular complexity index is 1290. The number of halogens is 1. The van der Waals surface area contributed by atoms with E-state index < -0.39 is 5.92 Å². The van der Waals surface area contributed by atoms with E-state index in [1.165, 1.54) is 12.1 Å². The number of hydrogen-bond donors (Lipinski definition) is 2. The number of ketones is 1. The maximum Gasteiger partial charge on any atom is 0.171 e. The lowest BCUT2D eigenvalue weighted by Gasteiger charge is -2.24. The van der Waals surface area contributed by atoms with Gasteiger partial charge in [0, 0.05) is 35.5 Å². The van der Waals surface area contributed by atoms with Gasteiger partial charge in [0.15, 0.2) is 5.78 Å². The zero-order valence-corrected chi connectivity index (χ0v) is 16.9. The lowest BCUT2D eigenvalue weighted by molar-refractivity contribution is 0.0856. The van der Waals surface area contributed by atoms with Crippen molar-refractivity contribution < 1.29 is 19.0 Å². The first kappa shape index (κ1) is 19.4. The number of nitrogens with one attached hydrogen (secondary N) is 1. The number of ether oxygens (including phenoxy) is 1. The molecule has 1 aromatic carbocycles. The molecule has 0 saturated carbocycles. The van der Waals surface area contributed by atoms with Gasteiger partial charge in [-0.15, -0.1) is 0 Å². The minimum Gasteiger partial charge on any atom is -0.493 e. The molecule has 31 heavy (non-hydrogen) atoms. The van der Waals surface area contributed by atoms with Crippen LogP contribution in [0.15, 0.2) is 42.7 Å². The zero-order chi connectivity index (χ0) is 21.5. The molecule has 1 aliphatic heterocycles. The van der Waals surface area contributed by atoms with Gasteiger partial charge in [0.05, 0.1) is 30.5 Å². The van der Waals surface area contributed by atoms with Crippen LogP contribution in [0.25, 0.3) is 22.3 Å². The van der Waals surface area contributed by atoms with E-state index >= 15 is 0 Å². The van der Waals surface area contributed by atoms with Crippen LogP contribution in [0.2, 0.25) is 0 Å². The lowest BCUT2D eigenvalue weighted by atomic mass is 9.90. The van der Waals surface area contributed by atoms with Crippen molar-refractivity contribution in [1.29, 1.82) is 0 Å². The number of fused-ring (bicyclic) bond motifs is 2. The van der Waals surface area contributed by atoms with E-state index in [2.05, 4.69) is 10.2 Å². The molecular weight excluding hydrogens is 399 g/mol. The molecule has 0 spiro atoms. The standard InChI is InChI=1S/C23H21FN4O3/c1-13-18(10-25-27-13)20-4-3-17-19(11-28(6-7-29)23(17)26-20)22(30)15-8-14-9-16(24)2-5-21(14)31-12-15/h2-5,9-11,15,29H,6-8,12H2,1H3,(H,25,27). The molecule has 8 heteroatoms. The van der Waals surface area contributed by atoms with Gasteiger partial charge in [-0.3, -0.25) is 9.89 Å². The molecule has 0 fully saturated rings. The van der Waals surface area contributed by atoms with Crippen LogP contribution in [0.5, 0.6) is 5.75 Å². The van der Waals surface area contributed by atoms with Gasteiger partial charge in [0.2, 0.25) is 0 Å². The van der Waals surface area contributed by atoms with Crippen molar-refractivity contribution in [3.8, 4) is 17.0 Å². The molecule has 1 aliphatic rings. The van der Waals surface area contributed by atoms with E-state index in [0.717, 1.165) is 17.0 Å². The number of aromatic amines is 1. The third kappa shape index (κ3) is 3.38. The summed E-state index contributed by atoms with van der Waals surface area (Å²) < 4.78 is 21.2. The maximum absolute atomic E-state index is 13.6. The number of aliphatic hydroxyl groups excluding tert-OH is 1. The second-order valence-corrected chi connectivity index (χ2v) is 7.74. The average Bonchev–Trinajstić information content (AvgIpc) is 3.36. The summed E-state index contributed by atoms with van der Waals surface area (Å²) in [6, 6.07) is 8.12. The third-order valence-corrected chi connectivity index (χ3v) is 5.74. The predicted octanol–water partition coefficient (Wildman–Crippen LogP) is 3.30. The van der Waals surface area contributed by atoms with Crippen LogP contribution in [0.1, 0.15) is 21.6 Å². The van der Waals surface area contributed by atoms with Gasteiger partial charge in [-0.1, -0.05) is 0 Å². The van der Waals surface area contributed by atoms with Crippen LogP contribution in [-0.4, -0.2) is 43.9 Å². The quantitative estimate of drug-likeness (QED) is 0.483. The normalized spacial score (nSPS) is 15.6. The van der Waals surface area contributed by atoms with E-state index in [0.29, 0.717) is 40.9 Å².